The van der Waals surface area contributed by atoms with Gasteiger partial charge in [-0.1, -0.05) is 32.9 Å². The summed E-state index contributed by atoms with van der Waals surface area (Å²) >= 11 is 0. The Bertz CT molecular complexity index is 137. The predicted octanol–water partition coefficient (Wildman–Crippen LogP) is 1.86. The molecule has 72 valence electrons. The second kappa shape index (κ2) is 5.33. The summed E-state index contributed by atoms with van der Waals surface area (Å²) in [7, 11) is 0. The average Bonchev–Trinajstić information content (AvgIpc) is 2.12. The van der Waals surface area contributed by atoms with Crippen LogP contribution in [0.4, 0.5) is 0 Å². The third-order valence-electron chi connectivity index (χ3n) is 2.33. The number of aliphatic hydroxyl groups is 2. The second-order valence-electron chi connectivity index (χ2n) is 3.09. The topological polar surface area (TPSA) is 40.5 Å². The molecule has 0 amide bonds. The molecule has 0 aliphatic heterocycles. The first kappa shape index (κ1) is 11.7. The summed E-state index contributed by atoms with van der Waals surface area (Å²) in [6.45, 7) is 5.76. The molecule has 0 aromatic rings. The second-order valence-corrected chi connectivity index (χ2v) is 3.09. The largest absolute Gasteiger partial charge is 0.387 e. The Kier molecular flexibility index (Phi) is 5.18. The summed E-state index contributed by atoms with van der Waals surface area (Å²) < 4.78 is 0. The molecule has 1 atom stereocenters. The summed E-state index contributed by atoms with van der Waals surface area (Å²) in [4.78, 5) is 0. The minimum atomic E-state index is -0.939. The molecule has 2 heteroatoms. The standard InChI is InChI=1S/C10H20O2/c1-4-7-8-9(11)10(12,5-2)6-3/h7-9,11-12H,4-6H2,1-3H3. The van der Waals surface area contributed by atoms with Gasteiger partial charge < -0.3 is 10.2 Å². The van der Waals surface area contributed by atoms with Crippen molar-refractivity contribution in [3.05, 3.63) is 12.2 Å². The van der Waals surface area contributed by atoms with Crippen molar-refractivity contribution in [2.75, 3.05) is 0 Å². The van der Waals surface area contributed by atoms with E-state index in [2.05, 4.69) is 0 Å². The molecule has 0 spiro atoms. The van der Waals surface area contributed by atoms with Crippen molar-refractivity contribution in [2.45, 2.75) is 51.7 Å². The molecular weight excluding hydrogens is 152 g/mol. The Morgan fingerprint density at radius 2 is 1.75 bits per heavy atom. The van der Waals surface area contributed by atoms with Crippen LogP contribution in [-0.4, -0.2) is 21.9 Å². The van der Waals surface area contributed by atoms with Crippen LogP contribution in [0.3, 0.4) is 0 Å². The highest BCUT2D eigenvalue weighted by atomic mass is 16.3. The molecule has 0 rings (SSSR count). The molecule has 0 bridgehead atoms. The maximum Gasteiger partial charge on any atom is 0.101 e. The molecule has 0 fully saturated rings. The van der Waals surface area contributed by atoms with Gasteiger partial charge in [-0.25, -0.2) is 0 Å². The van der Waals surface area contributed by atoms with Crippen LogP contribution in [0.5, 0.6) is 0 Å². The summed E-state index contributed by atoms with van der Waals surface area (Å²) in [5.74, 6) is 0. The van der Waals surface area contributed by atoms with E-state index in [4.69, 9.17) is 0 Å². The minimum Gasteiger partial charge on any atom is -0.387 e. The first-order chi connectivity index (χ1) is 5.60. The zero-order chi connectivity index (χ0) is 9.61. The van der Waals surface area contributed by atoms with E-state index in [1.54, 1.807) is 6.08 Å². The monoisotopic (exact) mass is 172 g/mol. The molecule has 2 N–H and O–H groups in total. The normalized spacial score (nSPS) is 15.4. The van der Waals surface area contributed by atoms with Crippen molar-refractivity contribution in [3.8, 4) is 0 Å². The third-order valence-corrected chi connectivity index (χ3v) is 2.33. The fourth-order valence-electron chi connectivity index (χ4n) is 1.11. The average molecular weight is 172 g/mol. The molecule has 12 heavy (non-hydrogen) atoms. The fourth-order valence-corrected chi connectivity index (χ4v) is 1.11. The lowest BCUT2D eigenvalue weighted by atomic mass is 9.90. The Morgan fingerprint density at radius 3 is 2.08 bits per heavy atom. The van der Waals surface area contributed by atoms with E-state index in [9.17, 15) is 10.2 Å². The highest BCUT2D eigenvalue weighted by molar-refractivity contribution is 4.98. The lowest BCUT2D eigenvalue weighted by Crippen LogP contribution is -2.39. The van der Waals surface area contributed by atoms with Crippen LogP contribution in [0.1, 0.15) is 40.0 Å². The first-order valence-corrected chi connectivity index (χ1v) is 4.67. The number of allylic oxidation sites excluding steroid dienone is 1. The lowest BCUT2D eigenvalue weighted by Gasteiger charge is -2.28. The Morgan fingerprint density at radius 1 is 1.25 bits per heavy atom. The Labute approximate surface area is 74.9 Å². The fraction of sp³-hybridized carbons (Fsp3) is 0.800. The number of hydrogen-bond donors (Lipinski definition) is 2. The Hall–Kier alpha value is -0.340. The molecule has 2 nitrogen and oxygen atoms in total. The van der Waals surface area contributed by atoms with E-state index >= 15 is 0 Å². The zero-order valence-corrected chi connectivity index (χ0v) is 8.25. The van der Waals surface area contributed by atoms with Crippen LogP contribution in [0, 0.1) is 0 Å². The van der Waals surface area contributed by atoms with Crippen LogP contribution in [-0.2, 0) is 0 Å². The van der Waals surface area contributed by atoms with Gasteiger partial charge in [-0.05, 0) is 19.3 Å². The van der Waals surface area contributed by atoms with Crippen molar-refractivity contribution in [2.24, 2.45) is 0 Å². The van der Waals surface area contributed by atoms with Crippen LogP contribution in [0.25, 0.3) is 0 Å². The van der Waals surface area contributed by atoms with Gasteiger partial charge in [-0.3, -0.25) is 0 Å². The maximum atomic E-state index is 9.82. The van der Waals surface area contributed by atoms with Crippen molar-refractivity contribution in [1.82, 2.24) is 0 Å². The van der Waals surface area contributed by atoms with Crippen LogP contribution in [0.2, 0.25) is 0 Å². The van der Waals surface area contributed by atoms with Gasteiger partial charge in [0.05, 0.1) is 5.60 Å². The van der Waals surface area contributed by atoms with Gasteiger partial charge in [0.15, 0.2) is 0 Å². The van der Waals surface area contributed by atoms with Gasteiger partial charge in [0.2, 0.25) is 0 Å². The van der Waals surface area contributed by atoms with E-state index in [0.29, 0.717) is 12.8 Å². The Balaban J connectivity index is 4.20. The highest BCUT2D eigenvalue weighted by Gasteiger charge is 2.29. The molecule has 0 aromatic heterocycles. The van der Waals surface area contributed by atoms with Gasteiger partial charge in [-0.2, -0.15) is 0 Å². The van der Waals surface area contributed by atoms with Crippen molar-refractivity contribution in [1.29, 1.82) is 0 Å². The van der Waals surface area contributed by atoms with E-state index in [1.807, 2.05) is 26.8 Å². The molecule has 0 aromatic carbocycles. The number of rotatable bonds is 5. The van der Waals surface area contributed by atoms with E-state index in [-0.39, 0.29) is 0 Å². The summed E-state index contributed by atoms with van der Waals surface area (Å²) in [5.41, 5.74) is -0.939. The van der Waals surface area contributed by atoms with Crippen LogP contribution < -0.4 is 0 Å². The molecule has 1 unspecified atom stereocenters. The summed E-state index contributed by atoms with van der Waals surface area (Å²) in [5, 5.41) is 19.4. The maximum absolute atomic E-state index is 9.82. The number of aliphatic hydroxyl groups excluding tert-OH is 1. The quantitative estimate of drug-likeness (QED) is 0.621. The first-order valence-electron chi connectivity index (χ1n) is 4.67. The van der Waals surface area contributed by atoms with Gasteiger partial charge >= 0.3 is 0 Å². The van der Waals surface area contributed by atoms with Gasteiger partial charge in [0.25, 0.3) is 0 Å². The van der Waals surface area contributed by atoms with Crippen LogP contribution >= 0.6 is 0 Å². The molecule has 0 aliphatic rings. The zero-order valence-electron chi connectivity index (χ0n) is 8.25. The smallest absolute Gasteiger partial charge is 0.101 e. The van der Waals surface area contributed by atoms with Crippen molar-refractivity contribution < 1.29 is 10.2 Å². The summed E-state index contributed by atoms with van der Waals surface area (Å²) in [6.07, 6.45) is 4.87. The molecule has 0 saturated carbocycles. The van der Waals surface area contributed by atoms with Crippen molar-refractivity contribution >= 4 is 0 Å². The van der Waals surface area contributed by atoms with Gasteiger partial charge in [-0.15, -0.1) is 0 Å². The molecule has 0 aliphatic carbocycles. The molecule has 0 saturated heterocycles. The van der Waals surface area contributed by atoms with E-state index < -0.39 is 11.7 Å². The lowest BCUT2D eigenvalue weighted by molar-refractivity contribution is -0.0573. The molecule has 0 radical (unpaired) electrons. The van der Waals surface area contributed by atoms with E-state index in [1.165, 1.54) is 0 Å². The van der Waals surface area contributed by atoms with Gasteiger partial charge in [0.1, 0.15) is 6.10 Å². The predicted molar refractivity (Wildman–Crippen MR) is 51.0 cm³/mol. The number of hydrogen-bond acceptors (Lipinski definition) is 2. The molecule has 0 heterocycles. The van der Waals surface area contributed by atoms with E-state index in [0.717, 1.165) is 6.42 Å². The molecular formula is C10H20O2. The highest BCUT2D eigenvalue weighted by Crippen LogP contribution is 2.20. The summed E-state index contributed by atoms with van der Waals surface area (Å²) in [6, 6.07) is 0. The van der Waals surface area contributed by atoms with Crippen LogP contribution in [0.15, 0.2) is 12.2 Å². The third kappa shape index (κ3) is 2.95. The van der Waals surface area contributed by atoms with Crippen molar-refractivity contribution in [3.63, 3.8) is 0 Å². The van der Waals surface area contributed by atoms with Gasteiger partial charge in [0, 0.05) is 0 Å². The SMILES string of the molecule is CCC=CC(O)C(O)(CC)CC. The minimum absolute atomic E-state index is 0.582.